The minimum atomic E-state index is -0.677. The molecule has 0 spiro atoms. The standard InChI is InChI=1S/C35H28Cl2N2O4S/c1-4-42-34(41)31-21(3)38-35-39(32(31)23-11-9-20(2)10-12-23)33(40)30(44-35)18-27-26-8-6-5-7-22(26)14-16-29(27)43-19-24-13-15-25(36)17-28(24)37/h5-18,32H,4,19H2,1-3H3/b30-18-/t32-/m0/s1. The van der Waals surface area contributed by atoms with E-state index in [9.17, 15) is 9.59 Å². The van der Waals surface area contributed by atoms with Crippen LogP contribution in [0.25, 0.3) is 16.8 Å². The van der Waals surface area contributed by atoms with E-state index in [1.165, 1.54) is 11.3 Å². The van der Waals surface area contributed by atoms with Crippen LogP contribution in [0.4, 0.5) is 0 Å². The van der Waals surface area contributed by atoms with Gasteiger partial charge in [0.1, 0.15) is 12.4 Å². The van der Waals surface area contributed by atoms with E-state index in [-0.39, 0.29) is 18.8 Å². The highest BCUT2D eigenvalue weighted by atomic mass is 35.5. The lowest BCUT2D eigenvalue weighted by Gasteiger charge is -2.24. The van der Waals surface area contributed by atoms with Gasteiger partial charge in [-0.15, -0.1) is 0 Å². The first-order chi connectivity index (χ1) is 21.2. The molecule has 2 heterocycles. The maximum Gasteiger partial charge on any atom is 0.338 e. The highest BCUT2D eigenvalue weighted by molar-refractivity contribution is 7.07. The van der Waals surface area contributed by atoms with Crippen molar-refractivity contribution in [3.63, 3.8) is 0 Å². The number of allylic oxidation sites excluding steroid dienone is 1. The van der Waals surface area contributed by atoms with Crippen molar-refractivity contribution in [2.45, 2.75) is 33.4 Å². The fourth-order valence-electron chi connectivity index (χ4n) is 5.33. The van der Waals surface area contributed by atoms with E-state index in [2.05, 4.69) is 0 Å². The van der Waals surface area contributed by atoms with Crippen LogP contribution in [0.5, 0.6) is 5.75 Å². The summed E-state index contributed by atoms with van der Waals surface area (Å²) in [7, 11) is 0. The average Bonchev–Trinajstić information content (AvgIpc) is 3.31. The summed E-state index contributed by atoms with van der Waals surface area (Å²) in [4.78, 5) is 32.7. The molecule has 1 aliphatic heterocycles. The lowest BCUT2D eigenvalue weighted by molar-refractivity contribution is -0.139. The molecule has 0 bridgehead atoms. The topological polar surface area (TPSA) is 69.9 Å². The number of hydrogen-bond acceptors (Lipinski definition) is 6. The van der Waals surface area contributed by atoms with Crippen molar-refractivity contribution in [3.05, 3.63) is 142 Å². The first-order valence-corrected chi connectivity index (χ1v) is 15.7. The molecule has 6 rings (SSSR count). The molecule has 5 aromatic rings. The van der Waals surface area contributed by atoms with E-state index in [4.69, 9.17) is 37.7 Å². The molecule has 0 saturated heterocycles. The summed E-state index contributed by atoms with van der Waals surface area (Å²) >= 11 is 13.8. The van der Waals surface area contributed by atoms with Crippen LogP contribution in [0.15, 0.2) is 99.9 Å². The first kappa shape index (κ1) is 29.9. The van der Waals surface area contributed by atoms with Crippen LogP contribution in [0, 0.1) is 6.92 Å². The molecule has 1 aliphatic rings. The SMILES string of the molecule is CCOC(=O)C1=C(C)N=c2s/c(=C\c3c(OCc4ccc(Cl)cc4Cl)ccc4ccccc34)c(=O)n2[C@H]1c1ccc(C)cc1. The smallest absolute Gasteiger partial charge is 0.338 e. The van der Waals surface area contributed by atoms with Crippen molar-refractivity contribution in [1.82, 2.24) is 4.57 Å². The number of ether oxygens (including phenoxy) is 2. The molecule has 0 fully saturated rings. The molecule has 0 aliphatic carbocycles. The van der Waals surface area contributed by atoms with Gasteiger partial charge in [-0.05, 0) is 61.4 Å². The Hall–Kier alpha value is -4.17. The van der Waals surface area contributed by atoms with Crippen LogP contribution < -0.4 is 19.6 Å². The molecule has 0 amide bonds. The van der Waals surface area contributed by atoms with Gasteiger partial charge in [0.25, 0.3) is 5.56 Å². The lowest BCUT2D eigenvalue weighted by atomic mass is 9.95. The minimum Gasteiger partial charge on any atom is -0.488 e. The molecule has 4 aromatic carbocycles. The Labute approximate surface area is 268 Å². The van der Waals surface area contributed by atoms with E-state index in [0.29, 0.717) is 36.4 Å². The number of fused-ring (bicyclic) bond motifs is 2. The number of rotatable bonds is 7. The Bertz CT molecular complexity index is 2130. The predicted octanol–water partition coefficient (Wildman–Crippen LogP) is 7.15. The summed E-state index contributed by atoms with van der Waals surface area (Å²) in [6, 6.07) is 24.2. The molecule has 6 nitrogen and oxygen atoms in total. The maximum atomic E-state index is 14.2. The van der Waals surface area contributed by atoms with Crippen molar-refractivity contribution in [3.8, 4) is 5.75 Å². The fourth-order valence-corrected chi connectivity index (χ4v) is 6.82. The van der Waals surface area contributed by atoms with Gasteiger partial charge in [0.2, 0.25) is 0 Å². The van der Waals surface area contributed by atoms with E-state index < -0.39 is 12.0 Å². The van der Waals surface area contributed by atoms with Crippen LogP contribution >= 0.6 is 34.5 Å². The van der Waals surface area contributed by atoms with Gasteiger partial charge in [-0.1, -0.05) is 101 Å². The Morgan fingerprint density at radius 1 is 1.02 bits per heavy atom. The predicted molar refractivity (Wildman–Crippen MR) is 176 cm³/mol. The second kappa shape index (κ2) is 12.4. The number of esters is 1. The number of aromatic nitrogens is 1. The summed E-state index contributed by atoms with van der Waals surface area (Å²) in [6.07, 6.45) is 1.85. The summed E-state index contributed by atoms with van der Waals surface area (Å²) in [6.45, 7) is 5.96. The lowest BCUT2D eigenvalue weighted by Crippen LogP contribution is -2.39. The molecule has 0 N–H and O–H groups in total. The monoisotopic (exact) mass is 642 g/mol. The van der Waals surface area contributed by atoms with Crippen LogP contribution in [0.2, 0.25) is 10.0 Å². The third kappa shape index (κ3) is 5.71. The second-order valence-electron chi connectivity index (χ2n) is 10.4. The van der Waals surface area contributed by atoms with Crippen molar-refractivity contribution in [2.75, 3.05) is 6.61 Å². The van der Waals surface area contributed by atoms with E-state index >= 15 is 0 Å². The summed E-state index contributed by atoms with van der Waals surface area (Å²) in [5.74, 6) is 0.109. The maximum absolute atomic E-state index is 14.2. The molecule has 1 atom stereocenters. The van der Waals surface area contributed by atoms with E-state index in [1.807, 2.05) is 79.7 Å². The van der Waals surface area contributed by atoms with Crippen LogP contribution in [0.1, 0.15) is 42.1 Å². The number of nitrogens with zero attached hydrogens (tertiary/aromatic N) is 2. The van der Waals surface area contributed by atoms with Crippen molar-refractivity contribution < 1.29 is 14.3 Å². The fraction of sp³-hybridized carbons (Fsp3) is 0.171. The van der Waals surface area contributed by atoms with Crippen molar-refractivity contribution in [1.29, 1.82) is 0 Å². The quantitative estimate of drug-likeness (QED) is 0.177. The van der Waals surface area contributed by atoms with Gasteiger partial charge in [0, 0.05) is 21.2 Å². The largest absolute Gasteiger partial charge is 0.488 e. The van der Waals surface area contributed by atoms with E-state index in [1.54, 1.807) is 30.5 Å². The summed E-state index contributed by atoms with van der Waals surface area (Å²) in [5, 5.41) is 2.99. The zero-order valence-corrected chi connectivity index (χ0v) is 26.6. The molecule has 0 unspecified atom stereocenters. The number of aryl methyl sites for hydroxylation is 1. The number of carbonyl (C=O) groups is 1. The summed E-state index contributed by atoms with van der Waals surface area (Å²) in [5.41, 5.74) is 4.03. The minimum absolute atomic E-state index is 0.214. The first-order valence-electron chi connectivity index (χ1n) is 14.1. The van der Waals surface area contributed by atoms with Gasteiger partial charge in [-0.3, -0.25) is 9.36 Å². The molecule has 1 aromatic heterocycles. The van der Waals surface area contributed by atoms with Gasteiger partial charge in [-0.2, -0.15) is 0 Å². The number of hydrogen-bond donors (Lipinski definition) is 0. The van der Waals surface area contributed by atoms with Gasteiger partial charge in [-0.25, -0.2) is 9.79 Å². The van der Waals surface area contributed by atoms with Crippen LogP contribution in [0.3, 0.4) is 0 Å². The Kier molecular flexibility index (Phi) is 8.45. The molecule has 9 heteroatoms. The molecule has 222 valence electrons. The van der Waals surface area contributed by atoms with Gasteiger partial charge in [0.05, 0.1) is 28.5 Å². The molecule has 0 saturated carbocycles. The normalized spacial score (nSPS) is 14.8. The van der Waals surface area contributed by atoms with Gasteiger partial charge < -0.3 is 9.47 Å². The molecule has 0 radical (unpaired) electrons. The number of carbonyl (C=O) groups excluding carboxylic acids is 1. The molecular formula is C35H28Cl2N2O4S. The van der Waals surface area contributed by atoms with Crippen LogP contribution in [-0.2, 0) is 16.1 Å². The zero-order chi connectivity index (χ0) is 31.0. The Morgan fingerprint density at radius 2 is 1.80 bits per heavy atom. The van der Waals surface area contributed by atoms with E-state index in [0.717, 1.165) is 33.0 Å². The van der Waals surface area contributed by atoms with Crippen LogP contribution in [-0.4, -0.2) is 17.1 Å². The molecule has 44 heavy (non-hydrogen) atoms. The third-order valence-electron chi connectivity index (χ3n) is 7.51. The number of halogens is 2. The Morgan fingerprint density at radius 3 is 2.55 bits per heavy atom. The van der Waals surface area contributed by atoms with Crippen molar-refractivity contribution in [2.24, 2.45) is 4.99 Å². The second-order valence-corrected chi connectivity index (χ2v) is 12.3. The highest BCUT2D eigenvalue weighted by Gasteiger charge is 2.33. The average molecular weight is 644 g/mol. The third-order valence-corrected chi connectivity index (χ3v) is 9.08. The molecular weight excluding hydrogens is 615 g/mol. The highest BCUT2D eigenvalue weighted by Crippen LogP contribution is 2.32. The van der Waals surface area contributed by atoms with Gasteiger partial charge >= 0.3 is 5.97 Å². The Balaban J connectivity index is 1.52. The summed E-state index contributed by atoms with van der Waals surface area (Å²) < 4.78 is 13.8. The zero-order valence-electron chi connectivity index (χ0n) is 24.3. The van der Waals surface area contributed by atoms with Gasteiger partial charge in [0.15, 0.2) is 4.80 Å². The van der Waals surface area contributed by atoms with Crippen molar-refractivity contribution >= 4 is 57.4 Å². The number of thiazole rings is 1. The number of benzene rings is 4.